The van der Waals surface area contributed by atoms with Gasteiger partial charge in [0.1, 0.15) is 5.75 Å². The number of methoxy groups -OCH3 is 2. The number of piperidine rings is 1. The Labute approximate surface area is 188 Å². The van der Waals surface area contributed by atoms with Gasteiger partial charge in [0.05, 0.1) is 42.1 Å². The molecule has 3 N–H and O–H groups in total. The molecule has 0 unspecified atom stereocenters. The lowest BCUT2D eigenvalue weighted by molar-refractivity contribution is -0.143. The highest BCUT2D eigenvalue weighted by Crippen LogP contribution is 2.29. The van der Waals surface area contributed by atoms with Crippen molar-refractivity contribution in [2.75, 3.05) is 46.2 Å². The minimum atomic E-state index is -0.286. The quantitative estimate of drug-likeness (QED) is 0.428. The number of hydrogen-bond donors (Lipinski definition) is 2. The number of halogens is 2. The Morgan fingerprint density at radius 3 is 2.70 bits per heavy atom. The maximum Gasteiger partial charge on any atom is 0.305 e. The number of carbonyl (C=O) groups excluding carboxylic acids is 2. The van der Waals surface area contributed by atoms with Gasteiger partial charge >= 0.3 is 5.97 Å². The van der Waals surface area contributed by atoms with Crippen molar-refractivity contribution in [3.8, 4) is 5.75 Å². The van der Waals surface area contributed by atoms with Gasteiger partial charge in [-0.05, 0) is 32.4 Å². The van der Waals surface area contributed by atoms with Crippen molar-refractivity contribution in [1.82, 2.24) is 10.2 Å². The van der Waals surface area contributed by atoms with E-state index >= 15 is 0 Å². The third-order valence-electron chi connectivity index (χ3n) is 4.99. The van der Waals surface area contributed by atoms with E-state index in [1.54, 1.807) is 14.0 Å². The smallest absolute Gasteiger partial charge is 0.305 e. The summed E-state index contributed by atoms with van der Waals surface area (Å²) in [6.45, 7) is 4.45. The number of amides is 1. The van der Waals surface area contributed by atoms with Gasteiger partial charge in [0.2, 0.25) is 0 Å². The summed E-state index contributed by atoms with van der Waals surface area (Å²) in [6.07, 6.45) is 1.70. The molecule has 0 bridgehead atoms. The molecule has 0 spiro atoms. The lowest BCUT2D eigenvalue weighted by Crippen LogP contribution is -2.54. The summed E-state index contributed by atoms with van der Waals surface area (Å²) >= 11 is 6.07. The number of nitrogens with zero attached hydrogens (tertiary/aromatic N) is 1. The molecular formula is C20H31Cl2N3O5. The Bertz CT molecular complexity index is 720. The van der Waals surface area contributed by atoms with Crippen LogP contribution in [0.3, 0.4) is 0 Å². The van der Waals surface area contributed by atoms with Gasteiger partial charge in [-0.3, -0.25) is 9.59 Å². The normalized spacial score (nSPS) is 18.9. The number of nitrogens with one attached hydrogen (secondary N) is 1. The molecule has 1 heterocycles. The van der Waals surface area contributed by atoms with Crippen molar-refractivity contribution >= 4 is 41.6 Å². The van der Waals surface area contributed by atoms with E-state index in [1.165, 1.54) is 19.2 Å². The van der Waals surface area contributed by atoms with E-state index in [-0.39, 0.29) is 36.4 Å². The van der Waals surface area contributed by atoms with E-state index < -0.39 is 0 Å². The summed E-state index contributed by atoms with van der Waals surface area (Å²) in [7, 11) is 3.11. The Morgan fingerprint density at radius 1 is 1.33 bits per heavy atom. The topological polar surface area (TPSA) is 103 Å². The van der Waals surface area contributed by atoms with Crippen LogP contribution in [0, 0.1) is 0 Å². The highest BCUT2D eigenvalue weighted by atomic mass is 35.5. The fourth-order valence-electron chi connectivity index (χ4n) is 3.43. The summed E-state index contributed by atoms with van der Waals surface area (Å²) < 4.78 is 15.8. The highest BCUT2D eigenvalue weighted by molar-refractivity contribution is 6.33. The largest absolute Gasteiger partial charge is 0.496 e. The predicted molar refractivity (Wildman–Crippen MR) is 119 cm³/mol. The van der Waals surface area contributed by atoms with Gasteiger partial charge in [0.25, 0.3) is 5.91 Å². The van der Waals surface area contributed by atoms with Crippen molar-refractivity contribution in [2.45, 2.75) is 38.3 Å². The van der Waals surface area contributed by atoms with Gasteiger partial charge in [-0.15, -0.1) is 12.4 Å². The maximum atomic E-state index is 12.8. The molecule has 0 radical (unpaired) electrons. The molecule has 1 fully saturated rings. The molecule has 8 nitrogen and oxygen atoms in total. The molecule has 10 heteroatoms. The van der Waals surface area contributed by atoms with Crippen molar-refractivity contribution < 1.29 is 23.8 Å². The molecule has 170 valence electrons. The standard InChI is InChI=1S/C20H30ClN3O5.ClH/c1-4-29-19(25)6-5-8-24-9-7-16(18(12-24)28-3)23-20(26)13-10-14(21)15(22)11-17(13)27-2;/h10-11,16,18H,4-9,12,22H2,1-3H3,(H,23,26);1H/t16-,18+;/m0./s1. The van der Waals surface area contributed by atoms with Gasteiger partial charge in [-0.2, -0.15) is 0 Å². The van der Waals surface area contributed by atoms with Crippen LogP contribution in [0.2, 0.25) is 5.02 Å². The van der Waals surface area contributed by atoms with Crippen LogP contribution in [0.15, 0.2) is 12.1 Å². The lowest BCUT2D eigenvalue weighted by atomic mass is 10.0. The number of benzene rings is 1. The number of esters is 1. The zero-order valence-corrected chi connectivity index (χ0v) is 19.2. The summed E-state index contributed by atoms with van der Waals surface area (Å²) in [6, 6.07) is 2.91. The van der Waals surface area contributed by atoms with Gasteiger partial charge < -0.3 is 30.2 Å². The molecule has 0 aliphatic carbocycles. The molecule has 1 aliphatic rings. The van der Waals surface area contributed by atoms with E-state index in [1.807, 2.05) is 0 Å². The second kappa shape index (κ2) is 12.8. The molecule has 2 rings (SSSR count). The van der Waals surface area contributed by atoms with E-state index in [0.29, 0.717) is 41.6 Å². The second-order valence-corrected chi connectivity index (χ2v) is 7.33. The van der Waals surface area contributed by atoms with Gasteiger partial charge in [-0.1, -0.05) is 11.6 Å². The molecular weight excluding hydrogens is 433 g/mol. The van der Waals surface area contributed by atoms with Crippen molar-refractivity contribution in [1.29, 1.82) is 0 Å². The summed E-state index contributed by atoms with van der Waals surface area (Å²) in [5.74, 6) is -0.0876. The third-order valence-corrected chi connectivity index (χ3v) is 5.31. The monoisotopic (exact) mass is 463 g/mol. The molecule has 2 atom stereocenters. The van der Waals surface area contributed by atoms with Crippen LogP contribution >= 0.6 is 24.0 Å². The van der Waals surface area contributed by atoms with Crippen molar-refractivity contribution in [3.63, 3.8) is 0 Å². The first-order chi connectivity index (χ1) is 13.9. The minimum absolute atomic E-state index is 0. The summed E-state index contributed by atoms with van der Waals surface area (Å²) in [5.41, 5.74) is 6.47. The zero-order chi connectivity index (χ0) is 21.4. The van der Waals surface area contributed by atoms with Crippen molar-refractivity contribution in [2.24, 2.45) is 0 Å². The summed E-state index contributed by atoms with van der Waals surface area (Å²) in [4.78, 5) is 26.5. The molecule has 0 aromatic heterocycles. The SMILES string of the molecule is CCOC(=O)CCCN1CC[C@H](NC(=O)c2cc(Cl)c(N)cc2OC)[C@H](OC)C1.Cl. The molecule has 1 saturated heterocycles. The van der Waals surface area contributed by atoms with Crippen LogP contribution < -0.4 is 15.8 Å². The number of nitrogen functional groups attached to an aromatic ring is 1. The number of rotatable bonds is 9. The number of hydrogen-bond acceptors (Lipinski definition) is 7. The van der Waals surface area contributed by atoms with E-state index in [9.17, 15) is 9.59 Å². The van der Waals surface area contributed by atoms with Crippen LogP contribution in [-0.4, -0.2) is 69.4 Å². The Morgan fingerprint density at radius 2 is 2.07 bits per heavy atom. The second-order valence-electron chi connectivity index (χ2n) is 6.93. The number of likely N-dealkylation sites (tertiary alicyclic amines) is 1. The van der Waals surface area contributed by atoms with E-state index in [4.69, 9.17) is 31.5 Å². The molecule has 1 aromatic rings. The van der Waals surface area contributed by atoms with E-state index in [2.05, 4.69) is 10.2 Å². The average Bonchev–Trinajstić information content (AvgIpc) is 2.70. The molecule has 1 amide bonds. The van der Waals surface area contributed by atoms with Crippen LogP contribution in [0.4, 0.5) is 5.69 Å². The first kappa shape index (κ1) is 26.3. The fraction of sp³-hybridized carbons (Fsp3) is 0.600. The Balaban J connectivity index is 0.00000450. The van der Waals surface area contributed by atoms with Crippen LogP contribution in [0.25, 0.3) is 0 Å². The van der Waals surface area contributed by atoms with Gasteiger partial charge in [-0.25, -0.2) is 0 Å². The van der Waals surface area contributed by atoms with Crippen LogP contribution in [-0.2, 0) is 14.3 Å². The number of ether oxygens (including phenoxy) is 3. The molecule has 1 aliphatic heterocycles. The number of anilines is 1. The third kappa shape index (κ3) is 7.19. The number of nitrogens with two attached hydrogens (primary N) is 1. The molecule has 30 heavy (non-hydrogen) atoms. The first-order valence-corrected chi connectivity index (χ1v) is 10.1. The highest BCUT2D eigenvalue weighted by Gasteiger charge is 2.31. The molecule has 1 aromatic carbocycles. The Kier molecular flexibility index (Phi) is 11.3. The van der Waals surface area contributed by atoms with Gasteiger partial charge in [0.15, 0.2) is 0 Å². The molecule has 0 saturated carbocycles. The zero-order valence-electron chi connectivity index (χ0n) is 17.6. The summed E-state index contributed by atoms with van der Waals surface area (Å²) in [5, 5.41) is 3.33. The maximum absolute atomic E-state index is 12.8. The van der Waals surface area contributed by atoms with Crippen molar-refractivity contribution in [3.05, 3.63) is 22.7 Å². The first-order valence-electron chi connectivity index (χ1n) is 9.74. The average molecular weight is 464 g/mol. The lowest BCUT2D eigenvalue weighted by Gasteiger charge is -2.38. The number of carbonyl (C=O) groups is 2. The van der Waals surface area contributed by atoms with E-state index in [0.717, 1.165) is 25.9 Å². The van der Waals surface area contributed by atoms with Crippen LogP contribution in [0.1, 0.15) is 36.5 Å². The van der Waals surface area contributed by atoms with Gasteiger partial charge in [0, 0.05) is 32.7 Å². The Hall–Kier alpha value is -1.74. The minimum Gasteiger partial charge on any atom is -0.496 e. The fourth-order valence-corrected chi connectivity index (χ4v) is 3.59. The van der Waals surface area contributed by atoms with Crippen LogP contribution in [0.5, 0.6) is 5.75 Å². The predicted octanol–water partition coefficient (Wildman–Crippen LogP) is 2.52.